The van der Waals surface area contributed by atoms with Gasteiger partial charge >= 0.3 is 22.3 Å². The average molecular weight is 449 g/mol. The van der Waals surface area contributed by atoms with Crippen molar-refractivity contribution in [1.82, 2.24) is 9.80 Å². The Kier molecular flexibility index (Phi) is 22.9. The van der Waals surface area contributed by atoms with E-state index in [1.54, 1.807) is 0 Å². The molecule has 28 heavy (non-hydrogen) atoms. The first-order valence-corrected chi connectivity index (χ1v) is 9.29. The van der Waals surface area contributed by atoms with Crippen molar-refractivity contribution in [2.45, 2.75) is 25.7 Å². The Morgan fingerprint density at radius 1 is 0.786 bits per heavy atom. The molecule has 0 saturated carbocycles. The van der Waals surface area contributed by atoms with Gasteiger partial charge in [0.05, 0.1) is 0 Å². The van der Waals surface area contributed by atoms with Crippen molar-refractivity contribution in [2.24, 2.45) is 0 Å². The zero-order valence-corrected chi connectivity index (χ0v) is 18.4. The lowest BCUT2D eigenvalue weighted by Crippen LogP contribution is -2.13. The van der Waals surface area contributed by atoms with Gasteiger partial charge in [-0.1, -0.05) is 13.2 Å². The van der Waals surface area contributed by atoms with Crippen LogP contribution < -0.4 is 0 Å². The molecule has 10 nitrogen and oxygen atoms in total. The summed E-state index contributed by atoms with van der Waals surface area (Å²) in [6.45, 7) is 8.68. The molecule has 168 valence electrons. The van der Waals surface area contributed by atoms with Crippen LogP contribution in [0.3, 0.4) is 0 Å². The maximum Gasteiger partial charge on any atom is 0.394 e. The van der Waals surface area contributed by atoms with E-state index in [4.69, 9.17) is 27.7 Å². The second kappa shape index (κ2) is 18.8. The molecular formula is C16H33ClN2O8S. The highest BCUT2D eigenvalue weighted by atomic mass is 35.5. The third-order valence-corrected chi connectivity index (χ3v) is 2.77. The summed E-state index contributed by atoms with van der Waals surface area (Å²) < 4.78 is 31.6. The second-order valence-electron chi connectivity index (χ2n) is 6.08. The zero-order chi connectivity index (χ0) is 22.2. The third-order valence-electron chi connectivity index (χ3n) is 2.77. The molecule has 0 aromatic rings. The summed E-state index contributed by atoms with van der Waals surface area (Å²) >= 11 is 0. The van der Waals surface area contributed by atoms with Crippen LogP contribution in [0.25, 0.3) is 0 Å². The van der Waals surface area contributed by atoms with Crippen molar-refractivity contribution in [3.05, 3.63) is 24.3 Å². The normalized spacial score (nSPS) is 10.0. The van der Waals surface area contributed by atoms with Gasteiger partial charge in [-0.2, -0.15) is 8.42 Å². The number of rotatable bonds is 10. The standard InChI is InChI=1S/2C8H15NO2.ClH.H2O4S/c2*1-7(8(10)11)5-4-6-9(2)3;;1-5(2,3)4/h2*1,4-6H2,2-3H3,(H,10,11);1H;(H2,1,2,3,4). The van der Waals surface area contributed by atoms with Crippen LogP contribution in [-0.4, -0.2) is 90.8 Å². The number of hydrogen-bond donors (Lipinski definition) is 4. The minimum atomic E-state index is -4.67. The Morgan fingerprint density at radius 3 is 1.14 bits per heavy atom. The first-order chi connectivity index (χ1) is 12.1. The van der Waals surface area contributed by atoms with Gasteiger partial charge in [0.1, 0.15) is 0 Å². The van der Waals surface area contributed by atoms with Crippen molar-refractivity contribution in [3.63, 3.8) is 0 Å². The van der Waals surface area contributed by atoms with Gasteiger partial charge in [0.25, 0.3) is 0 Å². The van der Waals surface area contributed by atoms with E-state index in [0.29, 0.717) is 24.0 Å². The molecule has 0 aliphatic heterocycles. The van der Waals surface area contributed by atoms with Crippen LogP contribution in [0.1, 0.15) is 25.7 Å². The van der Waals surface area contributed by atoms with Gasteiger partial charge in [-0.05, 0) is 67.0 Å². The predicted octanol–water partition coefficient (Wildman–Crippen LogP) is 1.71. The molecule has 0 rings (SSSR count). The molecule has 0 aliphatic rings. The van der Waals surface area contributed by atoms with Crippen LogP contribution in [0.2, 0.25) is 0 Å². The third kappa shape index (κ3) is 39.5. The van der Waals surface area contributed by atoms with Crippen molar-refractivity contribution in [3.8, 4) is 0 Å². The topological polar surface area (TPSA) is 156 Å². The first-order valence-electron chi connectivity index (χ1n) is 7.89. The lowest BCUT2D eigenvalue weighted by Gasteiger charge is -2.08. The van der Waals surface area contributed by atoms with Crippen LogP contribution in [0.15, 0.2) is 24.3 Å². The highest BCUT2D eigenvalue weighted by Gasteiger charge is 2.03. The summed E-state index contributed by atoms with van der Waals surface area (Å²) in [6.07, 6.45) is 2.87. The maximum atomic E-state index is 10.3. The molecular weight excluding hydrogens is 416 g/mol. The lowest BCUT2D eigenvalue weighted by molar-refractivity contribution is -0.133. The van der Waals surface area contributed by atoms with Crippen LogP contribution in [0, 0.1) is 0 Å². The summed E-state index contributed by atoms with van der Waals surface area (Å²) in [4.78, 5) is 24.6. The van der Waals surface area contributed by atoms with Gasteiger partial charge in [-0.25, -0.2) is 9.59 Å². The Bertz CT molecular complexity index is 533. The molecule has 0 bridgehead atoms. The summed E-state index contributed by atoms with van der Waals surface area (Å²) in [5.41, 5.74) is 0.596. The fourth-order valence-corrected chi connectivity index (χ4v) is 1.43. The highest BCUT2D eigenvalue weighted by molar-refractivity contribution is 7.79. The Morgan fingerprint density at radius 2 is 1.00 bits per heavy atom. The SMILES string of the molecule is C=C(CCCN(C)C)C(=O)O.C=C(CCCN(C)C)C(=O)O.Cl.O=S(=O)(O)O. The van der Waals surface area contributed by atoms with E-state index in [2.05, 4.69) is 13.2 Å². The molecule has 0 saturated heterocycles. The monoisotopic (exact) mass is 448 g/mol. The average Bonchev–Trinajstić information content (AvgIpc) is 2.44. The van der Waals surface area contributed by atoms with E-state index in [1.807, 2.05) is 38.0 Å². The van der Waals surface area contributed by atoms with Crippen molar-refractivity contribution < 1.29 is 37.3 Å². The number of carboxylic acids is 2. The second-order valence-corrected chi connectivity index (χ2v) is 6.97. The van der Waals surface area contributed by atoms with Crippen LogP contribution in [0.4, 0.5) is 0 Å². The fourth-order valence-electron chi connectivity index (χ4n) is 1.43. The molecule has 0 atom stereocenters. The van der Waals surface area contributed by atoms with Crippen LogP contribution >= 0.6 is 12.4 Å². The van der Waals surface area contributed by atoms with Gasteiger partial charge in [0.2, 0.25) is 0 Å². The molecule has 4 N–H and O–H groups in total. The summed E-state index contributed by atoms with van der Waals surface area (Å²) in [6, 6.07) is 0. The van der Waals surface area contributed by atoms with Gasteiger partial charge in [0, 0.05) is 11.1 Å². The summed E-state index contributed by atoms with van der Waals surface area (Å²) in [5.74, 6) is -1.77. The van der Waals surface area contributed by atoms with E-state index >= 15 is 0 Å². The van der Waals surface area contributed by atoms with Crippen molar-refractivity contribution in [1.29, 1.82) is 0 Å². The first kappa shape index (κ1) is 34.0. The predicted molar refractivity (Wildman–Crippen MR) is 111 cm³/mol. The van der Waals surface area contributed by atoms with Gasteiger partial charge in [0.15, 0.2) is 0 Å². The number of carbonyl (C=O) groups is 2. The summed E-state index contributed by atoms with van der Waals surface area (Å²) in [5, 5.41) is 16.9. The highest BCUT2D eigenvalue weighted by Crippen LogP contribution is 2.02. The number of aliphatic carboxylic acids is 2. The molecule has 0 aromatic carbocycles. The number of hydrogen-bond acceptors (Lipinski definition) is 6. The van der Waals surface area contributed by atoms with Gasteiger partial charge in [-0.3, -0.25) is 9.11 Å². The molecule has 0 amide bonds. The molecule has 0 radical (unpaired) electrons. The van der Waals surface area contributed by atoms with E-state index in [1.165, 1.54) is 0 Å². The zero-order valence-electron chi connectivity index (χ0n) is 16.8. The molecule has 12 heteroatoms. The minimum absolute atomic E-state index is 0. The van der Waals surface area contributed by atoms with Gasteiger partial charge in [-0.15, -0.1) is 12.4 Å². The number of carboxylic acid groups (broad SMARTS) is 2. The number of halogens is 1. The Labute approximate surface area is 173 Å². The lowest BCUT2D eigenvalue weighted by atomic mass is 10.1. The fraction of sp³-hybridized carbons (Fsp3) is 0.625. The Hall–Kier alpha value is -1.50. The smallest absolute Gasteiger partial charge is 0.394 e. The van der Waals surface area contributed by atoms with E-state index in [-0.39, 0.29) is 12.4 Å². The Balaban J connectivity index is -0.000000162. The van der Waals surface area contributed by atoms with Crippen LogP contribution in [0.5, 0.6) is 0 Å². The molecule has 0 heterocycles. The molecule has 0 spiro atoms. The van der Waals surface area contributed by atoms with Gasteiger partial charge < -0.3 is 20.0 Å². The minimum Gasteiger partial charge on any atom is -0.478 e. The summed E-state index contributed by atoms with van der Waals surface area (Å²) in [7, 11) is 3.18. The van der Waals surface area contributed by atoms with E-state index in [9.17, 15) is 9.59 Å². The largest absolute Gasteiger partial charge is 0.478 e. The van der Waals surface area contributed by atoms with Crippen molar-refractivity contribution in [2.75, 3.05) is 41.3 Å². The van der Waals surface area contributed by atoms with E-state index in [0.717, 1.165) is 25.9 Å². The number of nitrogens with zero attached hydrogens (tertiary/aromatic N) is 2. The molecule has 0 aliphatic carbocycles. The maximum absolute atomic E-state index is 10.3. The van der Waals surface area contributed by atoms with E-state index < -0.39 is 22.3 Å². The van der Waals surface area contributed by atoms with Crippen molar-refractivity contribution >= 4 is 34.7 Å². The molecule has 0 unspecified atom stereocenters. The molecule has 0 fully saturated rings. The van der Waals surface area contributed by atoms with Crippen LogP contribution in [-0.2, 0) is 20.0 Å². The quantitative estimate of drug-likeness (QED) is 0.286. The molecule has 0 aromatic heterocycles.